The second-order valence-corrected chi connectivity index (χ2v) is 4.13. The Labute approximate surface area is 110 Å². The maximum absolute atomic E-state index is 11.9. The van der Waals surface area contributed by atoms with Crippen molar-refractivity contribution in [1.29, 1.82) is 0 Å². The highest BCUT2D eigenvalue weighted by molar-refractivity contribution is 6.04. The fourth-order valence-electron chi connectivity index (χ4n) is 1.60. The van der Waals surface area contributed by atoms with Gasteiger partial charge in [-0.2, -0.15) is 0 Å². The summed E-state index contributed by atoms with van der Waals surface area (Å²) in [6, 6.07) is 13.0. The minimum absolute atomic E-state index is 0.100. The number of amides is 1. The van der Waals surface area contributed by atoms with E-state index in [2.05, 4.69) is 5.32 Å². The molecule has 1 amide bonds. The van der Waals surface area contributed by atoms with Crippen LogP contribution in [0.5, 0.6) is 0 Å². The number of hydrogen-bond donors (Lipinski definition) is 1. The van der Waals surface area contributed by atoms with E-state index in [1.165, 1.54) is 24.3 Å². The summed E-state index contributed by atoms with van der Waals surface area (Å²) in [6.45, 7) is 1.95. The molecule has 96 valence electrons. The van der Waals surface area contributed by atoms with Crippen LogP contribution in [0, 0.1) is 17.0 Å². The first-order chi connectivity index (χ1) is 9.06. The molecule has 5 heteroatoms. The van der Waals surface area contributed by atoms with Crippen LogP contribution in [0.2, 0.25) is 0 Å². The standard InChI is InChI=1S/C14H12N2O3/c1-10-5-7-12(8-6-10)15-14(17)11-3-2-4-13(9-11)16(18)19/h2-9H,1H3,(H,15,17). The molecule has 2 rings (SSSR count). The predicted octanol–water partition coefficient (Wildman–Crippen LogP) is 3.16. The second kappa shape index (κ2) is 5.30. The predicted molar refractivity (Wildman–Crippen MR) is 72.2 cm³/mol. The second-order valence-electron chi connectivity index (χ2n) is 4.13. The van der Waals surface area contributed by atoms with Gasteiger partial charge in [0.1, 0.15) is 0 Å². The number of nitrogens with zero attached hydrogens (tertiary/aromatic N) is 1. The van der Waals surface area contributed by atoms with Crippen molar-refractivity contribution in [3.8, 4) is 0 Å². The minimum Gasteiger partial charge on any atom is -0.322 e. The first-order valence-corrected chi connectivity index (χ1v) is 5.69. The molecule has 0 aliphatic heterocycles. The first-order valence-electron chi connectivity index (χ1n) is 5.69. The average molecular weight is 256 g/mol. The van der Waals surface area contributed by atoms with Crippen LogP contribution in [0.25, 0.3) is 0 Å². The van der Waals surface area contributed by atoms with Gasteiger partial charge in [0.2, 0.25) is 0 Å². The Morgan fingerprint density at radius 1 is 1.16 bits per heavy atom. The quantitative estimate of drug-likeness (QED) is 0.677. The Hall–Kier alpha value is -2.69. The molecule has 0 saturated heterocycles. The number of nitro benzene ring substituents is 1. The average Bonchev–Trinajstić information content (AvgIpc) is 2.41. The number of nitro groups is 1. The molecule has 5 nitrogen and oxygen atoms in total. The highest BCUT2D eigenvalue weighted by atomic mass is 16.6. The molecule has 0 fully saturated rings. The number of hydrogen-bond acceptors (Lipinski definition) is 3. The number of rotatable bonds is 3. The topological polar surface area (TPSA) is 72.2 Å². The summed E-state index contributed by atoms with van der Waals surface area (Å²) in [7, 11) is 0. The van der Waals surface area contributed by atoms with Crippen LogP contribution in [0.4, 0.5) is 11.4 Å². The zero-order chi connectivity index (χ0) is 13.8. The third-order valence-electron chi connectivity index (χ3n) is 2.63. The lowest BCUT2D eigenvalue weighted by Gasteiger charge is -2.05. The van der Waals surface area contributed by atoms with Crippen LogP contribution < -0.4 is 5.32 Å². The summed E-state index contributed by atoms with van der Waals surface area (Å²) in [5, 5.41) is 13.3. The van der Waals surface area contributed by atoms with E-state index >= 15 is 0 Å². The largest absolute Gasteiger partial charge is 0.322 e. The molecule has 2 aromatic carbocycles. The SMILES string of the molecule is Cc1ccc(NC(=O)c2cccc([N+](=O)[O-])c2)cc1. The summed E-state index contributed by atoms with van der Waals surface area (Å²) in [6.07, 6.45) is 0. The van der Waals surface area contributed by atoms with Crippen molar-refractivity contribution in [1.82, 2.24) is 0 Å². The number of non-ortho nitro benzene ring substituents is 1. The summed E-state index contributed by atoms with van der Waals surface area (Å²) in [4.78, 5) is 22.1. The fourth-order valence-corrected chi connectivity index (χ4v) is 1.60. The number of carbonyl (C=O) groups is 1. The van der Waals surface area contributed by atoms with Gasteiger partial charge in [0.05, 0.1) is 4.92 Å². The third-order valence-corrected chi connectivity index (χ3v) is 2.63. The van der Waals surface area contributed by atoms with E-state index in [0.29, 0.717) is 5.69 Å². The fraction of sp³-hybridized carbons (Fsp3) is 0.0714. The highest BCUT2D eigenvalue weighted by Gasteiger charge is 2.11. The summed E-state index contributed by atoms with van der Waals surface area (Å²) in [5.74, 6) is -0.368. The van der Waals surface area contributed by atoms with Gasteiger partial charge in [-0.1, -0.05) is 23.8 Å². The van der Waals surface area contributed by atoms with Crippen molar-refractivity contribution in [2.45, 2.75) is 6.92 Å². The molecule has 2 aromatic rings. The highest BCUT2D eigenvalue weighted by Crippen LogP contribution is 2.15. The van der Waals surface area contributed by atoms with Gasteiger partial charge in [-0.3, -0.25) is 14.9 Å². The van der Waals surface area contributed by atoms with E-state index in [0.717, 1.165) is 5.56 Å². The van der Waals surface area contributed by atoms with Crippen LogP contribution in [-0.2, 0) is 0 Å². The molecule has 0 aromatic heterocycles. The zero-order valence-electron chi connectivity index (χ0n) is 10.3. The normalized spacial score (nSPS) is 9.95. The molecule has 19 heavy (non-hydrogen) atoms. The Morgan fingerprint density at radius 3 is 2.47 bits per heavy atom. The van der Waals surface area contributed by atoms with E-state index in [-0.39, 0.29) is 17.2 Å². The van der Waals surface area contributed by atoms with Gasteiger partial charge < -0.3 is 5.32 Å². The zero-order valence-corrected chi connectivity index (χ0v) is 10.3. The molecule has 0 saturated carbocycles. The van der Waals surface area contributed by atoms with Gasteiger partial charge in [0.25, 0.3) is 11.6 Å². The molecule has 0 unspecified atom stereocenters. The summed E-state index contributed by atoms with van der Waals surface area (Å²) in [5.41, 5.74) is 1.90. The molecule has 0 aliphatic rings. The van der Waals surface area contributed by atoms with Gasteiger partial charge in [0, 0.05) is 23.4 Å². The van der Waals surface area contributed by atoms with E-state index in [9.17, 15) is 14.9 Å². The van der Waals surface area contributed by atoms with Crippen molar-refractivity contribution in [3.05, 3.63) is 69.8 Å². The van der Waals surface area contributed by atoms with E-state index in [4.69, 9.17) is 0 Å². The van der Waals surface area contributed by atoms with Crippen LogP contribution in [0.3, 0.4) is 0 Å². The van der Waals surface area contributed by atoms with Crippen LogP contribution >= 0.6 is 0 Å². The Balaban J connectivity index is 2.18. The summed E-state index contributed by atoms with van der Waals surface area (Å²) < 4.78 is 0. The van der Waals surface area contributed by atoms with E-state index in [1.807, 2.05) is 19.1 Å². The lowest BCUT2D eigenvalue weighted by atomic mass is 10.1. The Bertz CT molecular complexity index is 621. The van der Waals surface area contributed by atoms with Crippen molar-refractivity contribution in [2.75, 3.05) is 5.32 Å². The lowest BCUT2D eigenvalue weighted by molar-refractivity contribution is -0.384. The van der Waals surface area contributed by atoms with Crippen LogP contribution in [-0.4, -0.2) is 10.8 Å². The van der Waals surface area contributed by atoms with Gasteiger partial charge in [-0.25, -0.2) is 0 Å². The summed E-state index contributed by atoms with van der Waals surface area (Å²) >= 11 is 0. The number of aryl methyl sites for hydroxylation is 1. The maximum Gasteiger partial charge on any atom is 0.270 e. The molecule has 0 aliphatic carbocycles. The molecular weight excluding hydrogens is 244 g/mol. The van der Waals surface area contributed by atoms with Crippen molar-refractivity contribution in [3.63, 3.8) is 0 Å². The van der Waals surface area contributed by atoms with Crippen molar-refractivity contribution >= 4 is 17.3 Å². The molecule has 0 radical (unpaired) electrons. The van der Waals surface area contributed by atoms with E-state index in [1.54, 1.807) is 12.1 Å². The minimum atomic E-state index is -0.525. The number of carbonyl (C=O) groups excluding carboxylic acids is 1. The number of benzene rings is 2. The van der Waals surface area contributed by atoms with Gasteiger partial charge in [0.15, 0.2) is 0 Å². The van der Waals surface area contributed by atoms with Crippen LogP contribution in [0.15, 0.2) is 48.5 Å². The molecule has 0 spiro atoms. The Morgan fingerprint density at radius 2 is 1.84 bits per heavy atom. The molecule has 0 bridgehead atoms. The number of anilines is 1. The molecule has 0 atom stereocenters. The smallest absolute Gasteiger partial charge is 0.270 e. The van der Waals surface area contributed by atoms with Gasteiger partial charge in [-0.05, 0) is 25.1 Å². The Kier molecular flexibility index (Phi) is 3.56. The van der Waals surface area contributed by atoms with Crippen LogP contribution in [0.1, 0.15) is 15.9 Å². The van der Waals surface area contributed by atoms with E-state index < -0.39 is 4.92 Å². The third kappa shape index (κ3) is 3.16. The monoisotopic (exact) mass is 256 g/mol. The van der Waals surface area contributed by atoms with Gasteiger partial charge in [-0.15, -0.1) is 0 Å². The van der Waals surface area contributed by atoms with Gasteiger partial charge >= 0.3 is 0 Å². The first kappa shape index (κ1) is 12.8. The van der Waals surface area contributed by atoms with Crippen molar-refractivity contribution in [2.24, 2.45) is 0 Å². The lowest BCUT2D eigenvalue weighted by Crippen LogP contribution is -2.11. The number of nitrogens with one attached hydrogen (secondary N) is 1. The molecule has 0 heterocycles. The maximum atomic E-state index is 11.9. The molecular formula is C14H12N2O3. The van der Waals surface area contributed by atoms with Crippen molar-refractivity contribution < 1.29 is 9.72 Å². The molecule has 1 N–H and O–H groups in total.